The van der Waals surface area contributed by atoms with Gasteiger partial charge in [0.2, 0.25) is 5.54 Å². The van der Waals surface area contributed by atoms with Crippen molar-refractivity contribution in [3.05, 3.63) is 30.7 Å². The number of hydrogen-bond donors (Lipinski definition) is 0. The molecule has 0 saturated carbocycles. The molecule has 0 atom stereocenters. The molecule has 0 fully saturated rings. The highest BCUT2D eigenvalue weighted by Crippen LogP contribution is 2.47. The lowest BCUT2D eigenvalue weighted by atomic mass is 9.94. The van der Waals surface area contributed by atoms with Crippen LogP contribution >= 0.6 is 58.0 Å². The highest BCUT2D eigenvalue weighted by atomic mass is 35.5. The van der Waals surface area contributed by atoms with Gasteiger partial charge in [-0.3, -0.25) is 9.59 Å². The van der Waals surface area contributed by atoms with E-state index in [1.807, 2.05) is 0 Å². The van der Waals surface area contributed by atoms with Crippen molar-refractivity contribution >= 4 is 83.1 Å². The number of rotatable bonds is 7. The molecule has 0 aromatic heterocycles. The number of carbonyl (C=O) groups excluding carboxylic acids is 4. The van der Waals surface area contributed by atoms with Crippen LogP contribution in [0.15, 0.2) is 10.2 Å². The van der Waals surface area contributed by atoms with Gasteiger partial charge in [0.25, 0.3) is 0 Å². The smallest absolute Gasteiger partial charge is 0.219 e. The van der Waals surface area contributed by atoms with E-state index in [0.717, 1.165) is 0 Å². The van der Waals surface area contributed by atoms with Crippen molar-refractivity contribution < 1.29 is 19.2 Å². The first-order valence-corrected chi connectivity index (χ1v) is 7.45. The molecule has 1 aromatic carbocycles. The summed E-state index contributed by atoms with van der Waals surface area (Å²) in [5, 5.41) is 5.33. The van der Waals surface area contributed by atoms with Crippen molar-refractivity contribution in [2.45, 2.75) is 11.6 Å². The molecule has 0 heterocycles. The van der Waals surface area contributed by atoms with Gasteiger partial charge in [-0.05, 0) is 0 Å². The zero-order valence-electron chi connectivity index (χ0n) is 10.8. The Morgan fingerprint density at radius 2 is 1.13 bits per heavy atom. The third kappa shape index (κ3) is 3.72. The Bertz CT molecular complexity index is 662. The van der Waals surface area contributed by atoms with Gasteiger partial charge in [0.15, 0.2) is 31.2 Å². The predicted molar refractivity (Wildman–Crippen MR) is 86.1 cm³/mol. The van der Waals surface area contributed by atoms with Gasteiger partial charge in [0.05, 0.1) is 25.1 Å². The van der Waals surface area contributed by atoms with Crippen LogP contribution in [0.1, 0.15) is 5.56 Å². The Morgan fingerprint density at radius 3 is 1.48 bits per heavy atom. The largest absolute Gasteiger partial charge is 0.300 e. The summed E-state index contributed by atoms with van der Waals surface area (Å²) >= 11 is 29.5. The zero-order chi connectivity index (χ0) is 17.8. The van der Waals surface area contributed by atoms with Crippen LogP contribution in [0.25, 0.3) is 0 Å². The lowest BCUT2D eigenvalue weighted by Gasteiger charge is -2.21. The van der Waals surface area contributed by atoms with E-state index in [2.05, 4.69) is 10.2 Å². The van der Waals surface area contributed by atoms with E-state index in [0.29, 0.717) is 0 Å². The standard InChI is InChI=1S/C12H5Cl5N2O4/c13-7-6(8(14)10(16)11(17)9(7)15)12(3-22,4-23)19-18-5(1-20)2-21/h1-5H. The Morgan fingerprint density at radius 1 is 0.739 bits per heavy atom. The summed E-state index contributed by atoms with van der Waals surface area (Å²) in [4.78, 5) is 44.1. The van der Waals surface area contributed by atoms with Gasteiger partial charge >= 0.3 is 0 Å². The maximum atomic E-state index is 11.5. The molecular formula is C12H5Cl5N2O4. The van der Waals surface area contributed by atoms with E-state index in [-0.39, 0.29) is 55.8 Å². The second-order valence-corrected chi connectivity index (χ2v) is 5.87. The third-order valence-corrected chi connectivity index (χ3v) is 4.88. The predicted octanol–water partition coefficient (Wildman–Crippen LogP) is 3.77. The van der Waals surface area contributed by atoms with Crippen LogP contribution < -0.4 is 0 Å². The van der Waals surface area contributed by atoms with Crippen molar-refractivity contribution in [1.29, 1.82) is 0 Å². The quantitative estimate of drug-likeness (QED) is 0.222. The minimum atomic E-state index is -2.35. The topological polar surface area (TPSA) is 93.0 Å². The van der Waals surface area contributed by atoms with E-state index in [9.17, 15) is 19.2 Å². The van der Waals surface area contributed by atoms with Crippen molar-refractivity contribution in [1.82, 2.24) is 0 Å². The van der Waals surface area contributed by atoms with Crippen molar-refractivity contribution in [3.63, 3.8) is 0 Å². The van der Waals surface area contributed by atoms with Crippen LogP contribution in [0.5, 0.6) is 0 Å². The van der Waals surface area contributed by atoms with Crippen LogP contribution in [-0.4, -0.2) is 31.2 Å². The number of azo groups is 1. The van der Waals surface area contributed by atoms with Crippen molar-refractivity contribution in [3.8, 4) is 0 Å². The molecule has 122 valence electrons. The van der Waals surface area contributed by atoms with Gasteiger partial charge in [0.1, 0.15) is 0 Å². The molecule has 0 bridgehead atoms. The Kier molecular flexibility index (Phi) is 7.10. The van der Waals surface area contributed by atoms with E-state index >= 15 is 0 Å². The molecule has 0 unspecified atom stereocenters. The summed E-state index contributed by atoms with van der Waals surface area (Å²) in [5.74, 6) is 0. The number of nitrogens with zero attached hydrogens (tertiary/aromatic N) is 2. The van der Waals surface area contributed by atoms with Gasteiger partial charge in [-0.1, -0.05) is 58.0 Å². The summed E-state index contributed by atoms with van der Waals surface area (Å²) in [7, 11) is 0. The molecule has 0 aliphatic heterocycles. The number of hydrogen-bond acceptors (Lipinski definition) is 6. The Balaban J connectivity index is 3.72. The first kappa shape index (κ1) is 20.0. The SMILES string of the molecule is O=CC(C=O)N=NC(C=O)(C=O)c1c(Cl)c(Cl)c(Cl)c(Cl)c1Cl. The van der Waals surface area contributed by atoms with E-state index < -0.39 is 11.6 Å². The minimum absolute atomic E-state index is 0.0593. The number of aldehydes is 4. The van der Waals surface area contributed by atoms with E-state index in [1.54, 1.807) is 0 Å². The van der Waals surface area contributed by atoms with Gasteiger partial charge in [-0.2, -0.15) is 10.2 Å². The van der Waals surface area contributed by atoms with Gasteiger partial charge in [-0.15, -0.1) is 0 Å². The Labute approximate surface area is 154 Å². The summed E-state index contributed by atoms with van der Waals surface area (Å²) < 4.78 is 0. The zero-order valence-corrected chi connectivity index (χ0v) is 14.6. The fourth-order valence-corrected chi connectivity index (χ4v) is 2.89. The fraction of sp³-hybridized carbons (Fsp3) is 0.167. The number of carbonyl (C=O) groups is 4. The molecule has 23 heavy (non-hydrogen) atoms. The van der Waals surface area contributed by atoms with Gasteiger partial charge in [-0.25, -0.2) is 0 Å². The highest BCUT2D eigenvalue weighted by Gasteiger charge is 2.39. The molecule has 0 radical (unpaired) electrons. The Hall–Kier alpha value is -1.05. The molecule has 11 heteroatoms. The first-order chi connectivity index (χ1) is 10.8. The van der Waals surface area contributed by atoms with E-state index in [4.69, 9.17) is 58.0 Å². The van der Waals surface area contributed by atoms with Crippen LogP contribution in [0, 0.1) is 0 Å². The number of benzene rings is 1. The van der Waals surface area contributed by atoms with Crippen molar-refractivity contribution in [2.75, 3.05) is 0 Å². The minimum Gasteiger partial charge on any atom is -0.300 e. The average molecular weight is 418 g/mol. The van der Waals surface area contributed by atoms with Crippen LogP contribution in [0.4, 0.5) is 0 Å². The summed E-state index contributed by atoms with van der Waals surface area (Å²) in [6.07, 6.45) is 0.428. The lowest BCUT2D eigenvalue weighted by molar-refractivity contribution is -0.122. The lowest BCUT2D eigenvalue weighted by Crippen LogP contribution is -2.29. The molecule has 1 rings (SSSR count). The van der Waals surface area contributed by atoms with Crippen molar-refractivity contribution in [2.24, 2.45) is 10.2 Å². The third-order valence-electron chi connectivity index (χ3n) is 2.61. The fourth-order valence-electron chi connectivity index (χ4n) is 1.45. The molecular weight excluding hydrogens is 413 g/mol. The van der Waals surface area contributed by atoms with Crippen LogP contribution in [0.2, 0.25) is 25.1 Å². The summed E-state index contributed by atoms with van der Waals surface area (Å²) in [6.45, 7) is 0. The highest BCUT2D eigenvalue weighted by molar-refractivity contribution is 6.55. The molecule has 0 aliphatic carbocycles. The molecule has 1 aromatic rings. The average Bonchev–Trinajstić information content (AvgIpc) is 2.57. The first-order valence-electron chi connectivity index (χ1n) is 5.56. The maximum Gasteiger partial charge on any atom is 0.219 e. The molecule has 6 nitrogen and oxygen atoms in total. The molecule has 0 saturated heterocycles. The van der Waals surface area contributed by atoms with E-state index in [1.165, 1.54) is 0 Å². The van der Waals surface area contributed by atoms with Gasteiger partial charge in [0, 0.05) is 5.56 Å². The molecule has 0 amide bonds. The second-order valence-electron chi connectivity index (χ2n) is 3.98. The molecule has 0 aliphatic rings. The number of halogens is 5. The monoisotopic (exact) mass is 416 g/mol. The molecule has 0 N–H and O–H groups in total. The van der Waals surface area contributed by atoms with Crippen LogP contribution in [-0.2, 0) is 24.7 Å². The summed E-state index contributed by atoms with van der Waals surface area (Å²) in [6, 6.07) is -1.51. The maximum absolute atomic E-state index is 11.5. The normalized spacial score (nSPS) is 11.7. The second kappa shape index (κ2) is 8.17. The van der Waals surface area contributed by atoms with Gasteiger partial charge < -0.3 is 9.59 Å². The van der Waals surface area contributed by atoms with Crippen LogP contribution in [0.3, 0.4) is 0 Å². The summed E-state index contributed by atoms with van der Waals surface area (Å²) in [5.41, 5.74) is -2.72. The molecule has 0 spiro atoms.